The third kappa shape index (κ3) is 9.23. The molecule has 2 N–H and O–H groups in total. The molecule has 44 heavy (non-hydrogen) atoms. The van der Waals surface area contributed by atoms with E-state index in [0.717, 1.165) is 27.4 Å². The molecule has 1 heterocycles. The first-order valence-electron chi connectivity index (χ1n) is 14.1. The van der Waals surface area contributed by atoms with E-state index in [-0.39, 0.29) is 24.3 Å². The Hall–Kier alpha value is -3.55. The summed E-state index contributed by atoms with van der Waals surface area (Å²) in [6.45, 7) is 5.55. The van der Waals surface area contributed by atoms with Gasteiger partial charge < -0.3 is 20.1 Å². The van der Waals surface area contributed by atoms with Gasteiger partial charge in [-0.2, -0.15) is 5.26 Å². The summed E-state index contributed by atoms with van der Waals surface area (Å²) < 4.78 is 1.94. The van der Waals surface area contributed by atoms with E-state index in [4.69, 9.17) is 40.7 Å². The fourth-order valence-electron chi connectivity index (χ4n) is 4.57. The van der Waals surface area contributed by atoms with E-state index in [0.29, 0.717) is 40.4 Å². The summed E-state index contributed by atoms with van der Waals surface area (Å²) >= 11 is 20.5. The highest BCUT2D eigenvalue weighted by molar-refractivity contribution is 7.98. The van der Waals surface area contributed by atoms with Crippen molar-refractivity contribution in [3.8, 4) is 6.07 Å². The van der Waals surface area contributed by atoms with Crippen molar-refractivity contribution in [1.82, 2.24) is 19.8 Å². The summed E-state index contributed by atoms with van der Waals surface area (Å²) in [6.07, 6.45) is 5.63. The highest BCUT2D eigenvalue weighted by Crippen LogP contribution is 2.27. The van der Waals surface area contributed by atoms with Crippen molar-refractivity contribution in [3.63, 3.8) is 0 Å². The zero-order valence-corrected chi connectivity index (χ0v) is 27.9. The Morgan fingerprint density at radius 2 is 1.84 bits per heavy atom. The number of anilines is 1. The lowest BCUT2D eigenvalue weighted by atomic mass is 10.0. The number of nitriles is 1. The summed E-state index contributed by atoms with van der Waals surface area (Å²) in [5.74, 6) is 0.000976. The van der Waals surface area contributed by atoms with Gasteiger partial charge in [-0.3, -0.25) is 4.79 Å². The number of nitrogens with one attached hydrogen (secondary N) is 2. The number of imidazole rings is 1. The molecule has 0 radical (unpaired) electrons. The summed E-state index contributed by atoms with van der Waals surface area (Å²) in [5.41, 5.74) is 4.12. The van der Waals surface area contributed by atoms with E-state index in [1.165, 1.54) is 0 Å². The fourth-order valence-corrected chi connectivity index (χ4v) is 5.62. The first-order valence-corrected chi connectivity index (χ1v) is 16.5. The molecular weight excluding hydrogens is 631 g/mol. The van der Waals surface area contributed by atoms with Gasteiger partial charge >= 0.3 is 0 Å². The van der Waals surface area contributed by atoms with Gasteiger partial charge in [-0.15, -0.1) is 11.8 Å². The van der Waals surface area contributed by atoms with Crippen molar-refractivity contribution >= 4 is 63.9 Å². The molecule has 4 aromatic rings. The van der Waals surface area contributed by atoms with E-state index in [9.17, 15) is 4.79 Å². The normalized spacial score (nSPS) is 11.6. The highest BCUT2D eigenvalue weighted by Gasteiger charge is 2.23. The zero-order valence-electron chi connectivity index (χ0n) is 24.8. The van der Waals surface area contributed by atoms with Crippen molar-refractivity contribution in [2.45, 2.75) is 44.3 Å². The second-order valence-corrected chi connectivity index (χ2v) is 12.7. The topological polar surface area (TPSA) is 86.0 Å². The van der Waals surface area contributed by atoms with Gasteiger partial charge in [-0.1, -0.05) is 61.3 Å². The minimum atomic E-state index is -0.214. The number of aromatic nitrogens is 2. The lowest BCUT2D eigenvalue weighted by Gasteiger charge is -2.33. The molecule has 0 fully saturated rings. The molecule has 4 rings (SSSR count). The lowest BCUT2D eigenvalue weighted by molar-refractivity contribution is -0.121. The predicted molar refractivity (Wildman–Crippen MR) is 184 cm³/mol. The summed E-state index contributed by atoms with van der Waals surface area (Å²) in [6, 6.07) is 22.9. The molecule has 3 aromatic carbocycles. The molecule has 0 bridgehead atoms. The smallest absolute Gasteiger partial charge is 0.226 e. The Morgan fingerprint density at radius 1 is 1.11 bits per heavy atom. The number of hydrogen-bond acceptors (Lipinski definition) is 5. The van der Waals surface area contributed by atoms with Crippen molar-refractivity contribution in [3.05, 3.63) is 112 Å². The standard InChI is InChI=1S/C33H34Cl2N6OS2/c1-22(2)30(39-31(42)15-27-17-37-21-41(27)18-24-9-7-23(16-36)8-10-24)20-40(19-25-5-4-6-29(34)32(25)35)33(43)38-26-11-13-28(44-3)14-12-26/h4-14,17,21-22,30H,15,18-20H2,1-3H3,(H,38,43)(H,39,42)/t30-/m1/s1. The van der Waals surface area contributed by atoms with Crippen molar-refractivity contribution in [2.75, 3.05) is 18.1 Å². The Labute approximate surface area is 278 Å². The van der Waals surface area contributed by atoms with Gasteiger partial charge in [0.2, 0.25) is 5.91 Å². The first-order chi connectivity index (χ1) is 21.2. The average Bonchev–Trinajstić information content (AvgIpc) is 3.44. The van der Waals surface area contributed by atoms with Gasteiger partial charge in [-0.05, 0) is 78.0 Å². The van der Waals surface area contributed by atoms with Crippen LogP contribution in [0.5, 0.6) is 0 Å². The van der Waals surface area contributed by atoms with Crippen LogP contribution < -0.4 is 10.6 Å². The molecule has 0 aliphatic heterocycles. The molecule has 0 saturated heterocycles. The maximum absolute atomic E-state index is 13.4. The molecule has 11 heteroatoms. The van der Waals surface area contributed by atoms with Crippen LogP contribution in [0.4, 0.5) is 5.69 Å². The summed E-state index contributed by atoms with van der Waals surface area (Å²) in [4.78, 5) is 20.8. The molecule has 0 aliphatic carbocycles. The summed E-state index contributed by atoms with van der Waals surface area (Å²) in [5, 5.41) is 17.1. The van der Waals surface area contributed by atoms with Gasteiger partial charge in [0.05, 0.1) is 34.4 Å². The van der Waals surface area contributed by atoms with Crippen molar-refractivity contribution < 1.29 is 4.79 Å². The number of hydrogen-bond donors (Lipinski definition) is 2. The van der Waals surface area contributed by atoms with Crippen LogP contribution in [0.25, 0.3) is 0 Å². The minimum Gasteiger partial charge on any atom is -0.351 e. The van der Waals surface area contributed by atoms with Crippen molar-refractivity contribution in [1.29, 1.82) is 5.26 Å². The Kier molecular flexibility index (Phi) is 12.1. The number of halogens is 2. The first kappa shape index (κ1) is 33.3. The third-order valence-electron chi connectivity index (χ3n) is 7.17. The van der Waals surface area contributed by atoms with Gasteiger partial charge in [0.1, 0.15) is 0 Å². The number of rotatable bonds is 12. The van der Waals surface area contributed by atoms with Crippen molar-refractivity contribution in [2.24, 2.45) is 5.92 Å². The maximum Gasteiger partial charge on any atom is 0.226 e. The number of nitrogens with zero attached hydrogens (tertiary/aromatic N) is 4. The predicted octanol–water partition coefficient (Wildman–Crippen LogP) is 7.41. The van der Waals surface area contributed by atoms with Gasteiger partial charge in [0.15, 0.2) is 5.11 Å². The van der Waals surface area contributed by atoms with Gasteiger partial charge in [0, 0.05) is 48.1 Å². The molecule has 0 spiro atoms. The van der Waals surface area contributed by atoms with E-state index in [1.807, 2.05) is 64.3 Å². The Bertz CT molecular complexity index is 1620. The molecule has 1 atom stereocenters. The Morgan fingerprint density at radius 3 is 2.50 bits per heavy atom. The van der Waals surface area contributed by atoms with Crippen LogP contribution in [-0.2, 0) is 24.3 Å². The molecule has 1 amide bonds. The number of carbonyl (C=O) groups is 1. The van der Waals surface area contributed by atoms with Crippen LogP contribution >= 0.6 is 47.2 Å². The molecular formula is C33H34Cl2N6OS2. The molecule has 0 saturated carbocycles. The fraction of sp³-hybridized carbons (Fsp3) is 0.273. The van der Waals surface area contributed by atoms with Gasteiger partial charge in [-0.25, -0.2) is 4.98 Å². The van der Waals surface area contributed by atoms with E-state index in [1.54, 1.807) is 42.5 Å². The summed E-state index contributed by atoms with van der Waals surface area (Å²) in [7, 11) is 0. The zero-order chi connectivity index (χ0) is 31.6. The average molecular weight is 666 g/mol. The maximum atomic E-state index is 13.4. The SMILES string of the molecule is CSc1ccc(NC(=S)N(Cc2cccc(Cl)c2Cl)C[C@@H](NC(=O)Cc2cncn2Cc2ccc(C#N)cc2)C(C)C)cc1. The van der Waals surface area contributed by atoms with Crippen LogP contribution in [0.2, 0.25) is 10.0 Å². The number of carbonyl (C=O) groups excluding carboxylic acids is 1. The molecule has 0 unspecified atom stereocenters. The largest absolute Gasteiger partial charge is 0.351 e. The minimum absolute atomic E-state index is 0.113. The van der Waals surface area contributed by atoms with Crippen LogP contribution in [0.3, 0.4) is 0 Å². The van der Waals surface area contributed by atoms with E-state index in [2.05, 4.69) is 35.5 Å². The van der Waals surface area contributed by atoms with Crippen LogP contribution in [0, 0.1) is 17.2 Å². The molecule has 7 nitrogen and oxygen atoms in total. The highest BCUT2D eigenvalue weighted by atomic mass is 35.5. The number of benzene rings is 3. The number of thioether (sulfide) groups is 1. The van der Waals surface area contributed by atoms with E-state index >= 15 is 0 Å². The van der Waals surface area contributed by atoms with E-state index < -0.39 is 0 Å². The third-order valence-corrected chi connectivity index (χ3v) is 9.13. The second kappa shape index (κ2) is 16.0. The van der Waals surface area contributed by atoms with Gasteiger partial charge in [0.25, 0.3) is 0 Å². The lowest BCUT2D eigenvalue weighted by Crippen LogP contribution is -2.49. The molecule has 1 aromatic heterocycles. The Balaban J connectivity index is 1.48. The quantitative estimate of drug-likeness (QED) is 0.120. The monoisotopic (exact) mass is 664 g/mol. The number of thiocarbonyl (C=S) groups is 1. The number of amides is 1. The van der Waals surface area contributed by atoms with Crippen LogP contribution in [0.1, 0.15) is 36.2 Å². The second-order valence-electron chi connectivity index (χ2n) is 10.7. The molecule has 228 valence electrons. The van der Waals surface area contributed by atoms with Crippen LogP contribution in [0.15, 0.2) is 84.1 Å². The molecule has 0 aliphatic rings. The van der Waals surface area contributed by atoms with Crippen LogP contribution in [-0.4, -0.2) is 44.3 Å².